The van der Waals surface area contributed by atoms with Crippen molar-refractivity contribution in [3.8, 4) is 11.4 Å². The summed E-state index contributed by atoms with van der Waals surface area (Å²) in [5.74, 6) is 0. The monoisotopic (exact) mass is 393 g/mol. The van der Waals surface area contributed by atoms with Crippen molar-refractivity contribution in [3.05, 3.63) is 95.3 Å². The molecule has 0 saturated carbocycles. The van der Waals surface area contributed by atoms with Crippen LogP contribution in [0.15, 0.2) is 72.9 Å². The van der Waals surface area contributed by atoms with Crippen molar-refractivity contribution >= 4 is 21.8 Å². The molecule has 3 heteroatoms. The van der Waals surface area contributed by atoms with E-state index in [-0.39, 0.29) is 0 Å². The molecule has 0 fully saturated rings. The molecule has 30 heavy (non-hydrogen) atoms. The predicted octanol–water partition coefficient (Wildman–Crippen LogP) is 5.12. The summed E-state index contributed by atoms with van der Waals surface area (Å²) in [7, 11) is 2.12. The van der Waals surface area contributed by atoms with Crippen LogP contribution in [0.2, 0.25) is 0 Å². The Morgan fingerprint density at radius 3 is 2.23 bits per heavy atom. The number of rotatable bonds is 2. The van der Waals surface area contributed by atoms with Crippen LogP contribution in [-0.2, 0) is 7.05 Å². The second kappa shape index (κ2) is 6.81. The summed E-state index contributed by atoms with van der Waals surface area (Å²) < 4.78 is 6.94. The summed E-state index contributed by atoms with van der Waals surface area (Å²) in [5, 5.41) is 2.50. The first-order chi connectivity index (χ1) is 14.5. The second-order valence-corrected chi connectivity index (χ2v) is 8.27. The fraction of sp³-hybridized carbons (Fsp3) is 0.185. The minimum absolute atomic E-state index is 1.22. The maximum atomic E-state index is 2.41. The minimum Gasteiger partial charge on any atom is -0.157 e. The zero-order chi connectivity index (χ0) is 21.0. The number of aromatic nitrogens is 3. The molecular formula is C27H27N3+2. The van der Waals surface area contributed by atoms with E-state index >= 15 is 0 Å². The molecule has 0 saturated heterocycles. The van der Waals surface area contributed by atoms with Crippen LogP contribution >= 0.6 is 0 Å². The van der Waals surface area contributed by atoms with Gasteiger partial charge in [-0.25, -0.2) is 0 Å². The third kappa shape index (κ3) is 2.66. The molecule has 0 radical (unpaired) electrons. The molecule has 0 atom stereocenters. The van der Waals surface area contributed by atoms with Crippen LogP contribution in [0.5, 0.6) is 0 Å². The first-order valence-electron chi connectivity index (χ1n) is 10.5. The molecule has 0 amide bonds. The highest BCUT2D eigenvalue weighted by molar-refractivity contribution is 5.80. The number of aryl methyl sites for hydroxylation is 4. The molecule has 2 aromatic heterocycles. The molecule has 0 aliphatic heterocycles. The van der Waals surface area contributed by atoms with Crippen molar-refractivity contribution in [1.29, 1.82) is 0 Å². The Labute approximate surface area is 177 Å². The van der Waals surface area contributed by atoms with Gasteiger partial charge >= 0.3 is 0 Å². The minimum atomic E-state index is 1.22. The molecule has 0 aliphatic carbocycles. The molecule has 0 N–H and O–H groups in total. The molecule has 148 valence electrons. The lowest BCUT2D eigenvalue weighted by atomic mass is 10.00. The van der Waals surface area contributed by atoms with Crippen LogP contribution < -0.4 is 9.25 Å². The quantitative estimate of drug-likeness (QED) is 0.369. The van der Waals surface area contributed by atoms with E-state index in [9.17, 15) is 0 Å². The van der Waals surface area contributed by atoms with Gasteiger partial charge in [0.05, 0.1) is 10.9 Å². The van der Waals surface area contributed by atoms with Gasteiger partial charge in [0.25, 0.3) is 0 Å². The fourth-order valence-corrected chi connectivity index (χ4v) is 4.94. The normalized spacial score (nSPS) is 11.5. The first kappa shape index (κ1) is 18.6. The largest absolute Gasteiger partial charge is 0.219 e. The molecule has 2 heterocycles. The Morgan fingerprint density at radius 2 is 1.43 bits per heavy atom. The first-order valence-corrected chi connectivity index (χ1v) is 10.5. The van der Waals surface area contributed by atoms with Gasteiger partial charge in [-0.1, -0.05) is 24.3 Å². The smallest absolute Gasteiger partial charge is 0.157 e. The number of hydrogen-bond acceptors (Lipinski definition) is 0. The standard InChI is InChI=1S/C27H27N3/c1-18-16-19(2)27(30-25-13-9-7-11-23(25)17-28(30)5)21(4)26(18)29-20(3)14-15-22-10-6-8-12-24(22)29/h6-17H,1-5H3/q+2. The third-order valence-electron chi connectivity index (χ3n) is 6.17. The van der Waals surface area contributed by atoms with Gasteiger partial charge in [-0.3, -0.25) is 0 Å². The topological polar surface area (TPSA) is 12.7 Å². The van der Waals surface area contributed by atoms with Crippen molar-refractivity contribution in [1.82, 2.24) is 4.68 Å². The van der Waals surface area contributed by atoms with Crippen LogP contribution in [0.4, 0.5) is 0 Å². The molecular weight excluding hydrogens is 366 g/mol. The summed E-state index contributed by atoms with van der Waals surface area (Å²) in [6, 6.07) is 24.0. The number of benzene rings is 3. The summed E-state index contributed by atoms with van der Waals surface area (Å²) in [6.45, 7) is 8.89. The Kier molecular flexibility index (Phi) is 4.21. The van der Waals surface area contributed by atoms with E-state index in [1.165, 1.54) is 55.6 Å². The van der Waals surface area contributed by atoms with Gasteiger partial charge in [-0.05, 0) is 56.7 Å². The van der Waals surface area contributed by atoms with Crippen LogP contribution in [0.3, 0.4) is 0 Å². The van der Waals surface area contributed by atoms with Crippen LogP contribution in [-0.4, -0.2) is 4.68 Å². The van der Waals surface area contributed by atoms with Gasteiger partial charge in [0.15, 0.2) is 12.7 Å². The molecule has 3 nitrogen and oxygen atoms in total. The van der Waals surface area contributed by atoms with Gasteiger partial charge in [0.2, 0.25) is 17.4 Å². The van der Waals surface area contributed by atoms with E-state index in [2.05, 4.69) is 122 Å². The number of pyridine rings is 1. The maximum Gasteiger partial charge on any atom is 0.219 e. The van der Waals surface area contributed by atoms with Crippen molar-refractivity contribution in [3.63, 3.8) is 0 Å². The second-order valence-electron chi connectivity index (χ2n) is 8.27. The molecule has 0 bridgehead atoms. The average molecular weight is 394 g/mol. The van der Waals surface area contributed by atoms with E-state index in [1.807, 2.05) is 0 Å². The third-order valence-corrected chi connectivity index (χ3v) is 6.17. The number of nitrogens with zero attached hydrogens (tertiary/aromatic N) is 3. The van der Waals surface area contributed by atoms with Crippen molar-refractivity contribution < 1.29 is 9.25 Å². The Bertz CT molecular complexity index is 1440. The van der Waals surface area contributed by atoms with Gasteiger partial charge in [0, 0.05) is 30.0 Å². The van der Waals surface area contributed by atoms with Gasteiger partial charge in [-0.15, -0.1) is 9.36 Å². The Morgan fingerprint density at radius 1 is 0.733 bits per heavy atom. The number of hydrogen-bond donors (Lipinski definition) is 0. The van der Waals surface area contributed by atoms with Gasteiger partial charge in [-0.2, -0.15) is 4.57 Å². The summed E-state index contributed by atoms with van der Waals surface area (Å²) in [5.41, 5.74) is 10.1. The lowest BCUT2D eigenvalue weighted by molar-refractivity contribution is -0.742. The van der Waals surface area contributed by atoms with Gasteiger partial charge in [0.1, 0.15) is 11.2 Å². The van der Waals surface area contributed by atoms with E-state index in [4.69, 9.17) is 0 Å². The molecule has 0 aliphatic rings. The molecule has 0 unspecified atom stereocenters. The SMILES string of the molecule is Cc1cc(C)c(-[n+]2c(C)ccc3ccccc32)c(C)c1-n1c2ccccc2c[n+]1C. The van der Waals surface area contributed by atoms with Crippen molar-refractivity contribution in [2.24, 2.45) is 7.05 Å². The highest BCUT2D eigenvalue weighted by atomic mass is 15.4. The van der Waals surface area contributed by atoms with Crippen molar-refractivity contribution in [2.45, 2.75) is 27.7 Å². The molecule has 5 rings (SSSR count). The summed E-state index contributed by atoms with van der Waals surface area (Å²) in [6.07, 6.45) is 2.20. The van der Waals surface area contributed by atoms with E-state index in [0.717, 1.165) is 0 Å². The van der Waals surface area contributed by atoms with Crippen LogP contribution in [0.1, 0.15) is 22.4 Å². The Balaban J connectivity index is 1.90. The number of para-hydroxylation sites is 2. The van der Waals surface area contributed by atoms with E-state index < -0.39 is 0 Å². The highest BCUT2D eigenvalue weighted by Gasteiger charge is 2.27. The Hall–Kier alpha value is -3.46. The lowest BCUT2D eigenvalue weighted by Crippen LogP contribution is -2.40. The molecule has 5 aromatic rings. The fourth-order valence-electron chi connectivity index (χ4n) is 4.94. The maximum absolute atomic E-state index is 2.41. The van der Waals surface area contributed by atoms with Crippen molar-refractivity contribution in [2.75, 3.05) is 0 Å². The summed E-state index contributed by atoms with van der Waals surface area (Å²) in [4.78, 5) is 0. The predicted molar refractivity (Wildman–Crippen MR) is 122 cm³/mol. The zero-order valence-electron chi connectivity index (χ0n) is 18.3. The highest BCUT2D eigenvalue weighted by Crippen LogP contribution is 2.29. The molecule has 3 aromatic carbocycles. The lowest BCUT2D eigenvalue weighted by Gasteiger charge is -2.15. The zero-order valence-corrected chi connectivity index (χ0v) is 18.3. The summed E-state index contributed by atoms with van der Waals surface area (Å²) >= 11 is 0. The molecule has 0 spiro atoms. The van der Waals surface area contributed by atoms with E-state index in [1.54, 1.807) is 0 Å². The van der Waals surface area contributed by atoms with E-state index in [0.29, 0.717) is 0 Å². The number of fused-ring (bicyclic) bond motifs is 2. The van der Waals surface area contributed by atoms with Gasteiger partial charge < -0.3 is 0 Å². The van der Waals surface area contributed by atoms with Crippen LogP contribution in [0, 0.1) is 27.7 Å². The van der Waals surface area contributed by atoms with Crippen LogP contribution in [0.25, 0.3) is 33.2 Å². The average Bonchev–Trinajstić information content (AvgIpc) is 3.05.